The van der Waals surface area contributed by atoms with Gasteiger partial charge in [-0.05, 0) is 41.5 Å². The number of rotatable bonds is 4. The molecule has 34 heavy (non-hydrogen) atoms. The molecular weight excluding hydrogens is 452 g/mol. The number of aromatic amines is 1. The average Bonchev–Trinajstić information content (AvgIpc) is 2.86. The summed E-state index contributed by atoms with van der Waals surface area (Å²) in [5.74, 6) is -0.173. The van der Waals surface area contributed by atoms with Crippen LogP contribution < -0.4 is 11.1 Å². The molecule has 3 aromatic heterocycles. The lowest BCUT2D eigenvalue weighted by Crippen LogP contribution is -2.39. The van der Waals surface area contributed by atoms with E-state index in [2.05, 4.69) is 9.97 Å². The van der Waals surface area contributed by atoms with Gasteiger partial charge in [0, 0.05) is 66.0 Å². The summed E-state index contributed by atoms with van der Waals surface area (Å²) in [5, 5.41) is 0.493. The Bertz CT molecular complexity index is 1470. The first-order chi connectivity index (χ1) is 16.5. The third-order valence-electron chi connectivity index (χ3n) is 6.04. The zero-order valence-corrected chi connectivity index (χ0v) is 19.0. The van der Waals surface area contributed by atoms with E-state index in [-0.39, 0.29) is 17.0 Å². The van der Waals surface area contributed by atoms with Gasteiger partial charge in [-0.15, -0.1) is 0 Å². The van der Waals surface area contributed by atoms with Crippen molar-refractivity contribution in [2.24, 2.45) is 0 Å². The lowest BCUT2D eigenvalue weighted by Gasteiger charge is -2.31. The van der Waals surface area contributed by atoms with Crippen LogP contribution in [0.2, 0.25) is 5.02 Å². The van der Waals surface area contributed by atoms with Crippen LogP contribution in [-0.4, -0.2) is 31.9 Å². The molecule has 0 radical (unpaired) electrons. The molecule has 8 heteroatoms. The minimum absolute atomic E-state index is 0.121. The predicted octanol–water partition coefficient (Wildman–Crippen LogP) is 3.50. The number of aromatic nitrogens is 3. The van der Waals surface area contributed by atoms with Crippen LogP contribution in [0.5, 0.6) is 0 Å². The van der Waals surface area contributed by atoms with Gasteiger partial charge in [0.1, 0.15) is 0 Å². The Morgan fingerprint density at radius 2 is 1.82 bits per heavy atom. The van der Waals surface area contributed by atoms with Gasteiger partial charge in [-0.25, -0.2) is 0 Å². The summed E-state index contributed by atoms with van der Waals surface area (Å²) in [4.78, 5) is 46.4. The summed E-state index contributed by atoms with van der Waals surface area (Å²) in [6, 6.07) is 15.7. The summed E-state index contributed by atoms with van der Waals surface area (Å²) in [6.45, 7) is 1.21. The number of hydrogen-bond donors (Lipinski definition) is 1. The minimum atomic E-state index is -0.259. The van der Waals surface area contributed by atoms with Gasteiger partial charge in [0.25, 0.3) is 11.5 Å². The number of nitrogens with zero attached hydrogens (tertiary/aromatic N) is 3. The molecule has 0 aliphatic carbocycles. The van der Waals surface area contributed by atoms with Crippen LogP contribution in [0.15, 0.2) is 82.8 Å². The maximum absolute atomic E-state index is 13.6. The molecule has 1 aliphatic heterocycles. The molecule has 0 fully saturated rings. The topological polar surface area (TPSA) is 88.1 Å². The van der Waals surface area contributed by atoms with E-state index in [9.17, 15) is 14.4 Å². The second-order valence-electron chi connectivity index (χ2n) is 8.17. The molecule has 0 saturated carbocycles. The van der Waals surface area contributed by atoms with Crippen molar-refractivity contribution in [1.82, 2.24) is 19.4 Å². The summed E-state index contributed by atoms with van der Waals surface area (Å²) in [5.41, 5.74) is 3.95. The quantitative estimate of drug-likeness (QED) is 0.492. The standard InChI is InChI=1S/C26H21ClN4O3/c27-22-4-2-1-3-20(22)21-13-19-16-30(25(33)18-5-6-24(32)29-14-18)12-9-23(19)31(26(21)34)15-17-7-10-28-11-8-17/h1-8,10-11,13-14H,9,12,15-16H2,(H,29,32). The van der Waals surface area contributed by atoms with Crippen LogP contribution in [0.25, 0.3) is 11.1 Å². The summed E-state index contributed by atoms with van der Waals surface area (Å²) in [7, 11) is 0. The fourth-order valence-electron chi connectivity index (χ4n) is 4.33. The summed E-state index contributed by atoms with van der Waals surface area (Å²) < 4.78 is 1.78. The Labute approximate surface area is 200 Å². The van der Waals surface area contributed by atoms with E-state index in [1.807, 2.05) is 36.4 Å². The molecule has 0 unspecified atom stereocenters. The predicted molar refractivity (Wildman–Crippen MR) is 130 cm³/mol. The lowest BCUT2D eigenvalue weighted by atomic mass is 9.98. The number of pyridine rings is 3. The van der Waals surface area contributed by atoms with Crippen molar-refractivity contribution in [2.75, 3.05) is 6.54 Å². The normalized spacial score (nSPS) is 12.9. The molecule has 1 amide bonds. The highest BCUT2D eigenvalue weighted by Gasteiger charge is 2.26. The van der Waals surface area contributed by atoms with Crippen molar-refractivity contribution >= 4 is 17.5 Å². The molecule has 5 rings (SSSR count). The number of halogens is 1. The maximum Gasteiger partial charge on any atom is 0.259 e. The Hall–Kier alpha value is -3.97. The highest BCUT2D eigenvalue weighted by Crippen LogP contribution is 2.29. The Morgan fingerprint density at radius 1 is 1.03 bits per heavy atom. The van der Waals surface area contributed by atoms with Crippen LogP contribution >= 0.6 is 11.6 Å². The molecular formula is C26H21ClN4O3. The van der Waals surface area contributed by atoms with Gasteiger partial charge in [0.2, 0.25) is 5.56 Å². The highest BCUT2D eigenvalue weighted by atomic mass is 35.5. The monoisotopic (exact) mass is 472 g/mol. The first kappa shape index (κ1) is 21.9. The molecule has 0 atom stereocenters. The van der Waals surface area contributed by atoms with Crippen LogP contribution in [0.1, 0.15) is 27.2 Å². The van der Waals surface area contributed by atoms with Crippen molar-refractivity contribution in [3.63, 3.8) is 0 Å². The largest absolute Gasteiger partial charge is 0.334 e. The molecule has 1 aromatic carbocycles. The van der Waals surface area contributed by atoms with E-state index < -0.39 is 0 Å². The van der Waals surface area contributed by atoms with Gasteiger partial charge in [0.05, 0.1) is 12.1 Å². The number of carbonyl (C=O) groups is 1. The first-order valence-electron chi connectivity index (χ1n) is 10.9. The van der Waals surface area contributed by atoms with Crippen molar-refractivity contribution in [3.05, 3.63) is 121 Å². The Morgan fingerprint density at radius 3 is 2.56 bits per heavy atom. The van der Waals surface area contributed by atoms with E-state index in [0.717, 1.165) is 16.8 Å². The molecule has 0 spiro atoms. The van der Waals surface area contributed by atoms with Crippen molar-refractivity contribution < 1.29 is 4.79 Å². The minimum Gasteiger partial charge on any atom is -0.334 e. The van der Waals surface area contributed by atoms with Gasteiger partial charge in [-0.1, -0.05) is 29.8 Å². The second-order valence-corrected chi connectivity index (χ2v) is 8.58. The number of carbonyl (C=O) groups excluding carboxylic acids is 1. The molecule has 4 heterocycles. The zero-order valence-electron chi connectivity index (χ0n) is 18.2. The van der Waals surface area contributed by atoms with Crippen LogP contribution in [0, 0.1) is 0 Å². The third kappa shape index (κ3) is 4.18. The number of H-pyrrole nitrogens is 1. The van der Waals surface area contributed by atoms with Crippen molar-refractivity contribution in [1.29, 1.82) is 0 Å². The summed E-state index contributed by atoms with van der Waals surface area (Å²) >= 11 is 6.45. The lowest BCUT2D eigenvalue weighted by molar-refractivity contribution is 0.0731. The number of benzene rings is 1. The number of amides is 1. The number of hydrogen-bond acceptors (Lipinski definition) is 4. The van der Waals surface area contributed by atoms with Crippen LogP contribution in [0.3, 0.4) is 0 Å². The van der Waals surface area contributed by atoms with E-state index in [4.69, 9.17) is 11.6 Å². The van der Waals surface area contributed by atoms with Crippen LogP contribution in [-0.2, 0) is 19.5 Å². The molecule has 170 valence electrons. The molecule has 1 aliphatic rings. The van der Waals surface area contributed by atoms with Gasteiger partial charge in [-0.3, -0.25) is 19.4 Å². The number of fused-ring (bicyclic) bond motifs is 1. The van der Waals surface area contributed by atoms with Gasteiger partial charge in [0.15, 0.2) is 0 Å². The van der Waals surface area contributed by atoms with Gasteiger partial charge < -0.3 is 14.5 Å². The molecule has 7 nitrogen and oxygen atoms in total. The first-order valence-corrected chi connectivity index (χ1v) is 11.3. The van der Waals surface area contributed by atoms with E-state index in [0.29, 0.717) is 47.8 Å². The zero-order chi connectivity index (χ0) is 23.7. The van der Waals surface area contributed by atoms with Crippen molar-refractivity contribution in [3.8, 4) is 11.1 Å². The fourth-order valence-corrected chi connectivity index (χ4v) is 4.57. The van der Waals surface area contributed by atoms with Gasteiger partial charge in [-0.2, -0.15) is 0 Å². The third-order valence-corrected chi connectivity index (χ3v) is 6.37. The fraction of sp³-hybridized carbons (Fsp3) is 0.154. The van der Waals surface area contributed by atoms with Crippen LogP contribution in [0.4, 0.5) is 0 Å². The van der Waals surface area contributed by atoms with E-state index >= 15 is 0 Å². The van der Waals surface area contributed by atoms with Crippen molar-refractivity contribution in [2.45, 2.75) is 19.5 Å². The SMILES string of the molecule is O=C(c1ccc(=O)[nH]c1)N1CCc2c(cc(-c3ccccc3Cl)c(=O)n2Cc2ccncc2)C1. The highest BCUT2D eigenvalue weighted by molar-refractivity contribution is 6.33. The van der Waals surface area contributed by atoms with E-state index in [1.54, 1.807) is 27.9 Å². The average molecular weight is 473 g/mol. The van der Waals surface area contributed by atoms with Gasteiger partial charge >= 0.3 is 0 Å². The van der Waals surface area contributed by atoms with E-state index in [1.165, 1.54) is 18.3 Å². The molecule has 4 aromatic rings. The number of nitrogens with one attached hydrogen (secondary N) is 1. The molecule has 0 saturated heterocycles. The smallest absolute Gasteiger partial charge is 0.259 e. The molecule has 1 N–H and O–H groups in total. The molecule has 0 bridgehead atoms. The maximum atomic E-state index is 13.6. The Kier molecular flexibility index (Phi) is 5.86. The Balaban J connectivity index is 1.59. The second kappa shape index (κ2) is 9.11. The summed E-state index contributed by atoms with van der Waals surface area (Å²) in [6.07, 6.45) is 5.37.